The molecule has 9 nitrogen and oxygen atoms in total. The number of benzene rings is 2. The Morgan fingerprint density at radius 3 is 2.72 bits per heavy atom. The van der Waals surface area contributed by atoms with Crippen molar-refractivity contribution in [1.82, 2.24) is 24.5 Å². The molecule has 3 heterocycles. The van der Waals surface area contributed by atoms with Crippen molar-refractivity contribution in [2.24, 2.45) is 0 Å². The second kappa shape index (κ2) is 8.62. The molecule has 0 spiro atoms. The molecule has 0 aliphatic carbocycles. The number of carbonyl (C=O) groups is 1. The van der Waals surface area contributed by atoms with Gasteiger partial charge in [0.15, 0.2) is 5.82 Å². The van der Waals surface area contributed by atoms with E-state index in [1.165, 1.54) is 6.42 Å². The van der Waals surface area contributed by atoms with E-state index in [4.69, 9.17) is 4.42 Å². The van der Waals surface area contributed by atoms with Gasteiger partial charge < -0.3 is 14.3 Å². The van der Waals surface area contributed by atoms with Gasteiger partial charge in [-0.1, -0.05) is 36.8 Å². The third-order valence-electron chi connectivity index (χ3n) is 5.43. The minimum atomic E-state index is -0.682. The van der Waals surface area contributed by atoms with Crippen LogP contribution in [-0.4, -0.2) is 30.5 Å². The number of carbonyl (C=O) groups excluding carboxylic acids is 1. The summed E-state index contributed by atoms with van der Waals surface area (Å²) in [5.41, 5.74) is 2.16. The second-order valence-corrected chi connectivity index (χ2v) is 7.73. The van der Waals surface area contributed by atoms with Crippen LogP contribution < -0.4 is 11.1 Å². The van der Waals surface area contributed by atoms with Crippen LogP contribution in [-0.2, 0) is 24.3 Å². The average molecular weight is 430 g/mol. The van der Waals surface area contributed by atoms with E-state index < -0.39 is 5.76 Å². The van der Waals surface area contributed by atoms with Gasteiger partial charge in [-0.15, -0.1) is 15.3 Å². The molecule has 0 unspecified atom stereocenters. The zero-order valence-corrected chi connectivity index (χ0v) is 17.4. The van der Waals surface area contributed by atoms with Crippen molar-refractivity contribution in [2.75, 3.05) is 5.32 Å². The maximum absolute atomic E-state index is 12.6. The third-order valence-corrected chi connectivity index (χ3v) is 5.43. The van der Waals surface area contributed by atoms with Crippen molar-refractivity contribution < 1.29 is 9.21 Å². The average Bonchev–Trinajstić information content (AvgIpc) is 3.29. The molecule has 2 aromatic heterocycles. The largest absolute Gasteiger partial charge is 0.437 e. The first-order chi connectivity index (χ1) is 15.7. The molecule has 0 radical (unpaired) electrons. The molecule has 9 heteroatoms. The van der Waals surface area contributed by atoms with Gasteiger partial charge in [0.05, 0.1) is 0 Å². The maximum Gasteiger partial charge on any atom is 0.437 e. The highest BCUT2D eigenvalue weighted by Gasteiger charge is 2.17. The van der Waals surface area contributed by atoms with Gasteiger partial charge in [0, 0.05) is 29.8 Å². The van der Waals surface area contributed by atoms with Crippen LogP contribution in [0.15, 0.2) is 63.8 Å². The Balaban J connectivity index is 1.32. The van der Waals surface area contributed by atoms with Gasteiger partial charge >= 0.3 is 5.76 Å². The lowest BCUT2D eigenvalue weighted by molar-refractivity contribution is -0.117. The summed E-state index contributed by atoms with van der Waals surface area (Å²) < 4.78 is 8.36. The predicted molar refractivity (Wildman–Crippen MR) is 118 cm³/mol. The molecule has 5 rings (SSSR count). The summed E-state index contributed by atoms with van der Waals surface area (Å²) >= 11 is 0. The van der Waals surface area contributed by atoms with E-state index in [0.717, 1.165) is 47.7 Å². The van der Waals surface area contributed by atoms with Crippen LogP contribution in [0.4, 0.5) is 5.69 Å². The quantitative estimate of drug-likeness (QED) is 0.521. The Morgan fingerprint density at radius 1 is 1.00 bits per heavy atom. The van der Waals surface area contributed by atoms with Gasteiger partial charge in [-0.25, -0.2) is 4.79 Å². The molecule has 1 aliphatic rings. The van der Waals surface area contributed by atoms with Crippen molar-refractivity contribution in [3.63, 3.8) is 0 Å². The number of aryl methyl sites for hydroxylation is 1. The van der Waals surface area contributed by atoms with Crippen molar-refractivity contribution in [2.45, 2.75) is 38.8 Å². The molecule has 0 atom stereocenters. The van der Waals surface area contributed by atoms with Crippen LogP contribution in [0, 0.1) is 0 Å². The standard InChI is InChI=1S/C23H22N6O3/c30-20(15-29-23(31)32-22(27-29)16-8-3-1-4-9-16)24-18-11-7-10-17(14-18)21-26-25-19-12-5-2-6-13-28(19)21/h1,3-4,7-11,14H,2,5-6,12-13,15H2,(H,24,30). The summed E-state index contributed by atoms with van der Waals surface area (Å²) in [6, 6.07) is 16.5. The van der Waals surface area contributed by atoms with E-state index in [9.17, 15) is 9.59 Å². The van der Waals surface area contributed by atoms with Gasteiger partial charge in [-0.05, 0) is 37.1 Å². The summed E-state index contributed by atoms with van der Waals surface area (Å²) in [7, 11) is 0. The molecule has 0 saturated carbocycles. The smallest absolute Gasteiger partial charge is 0.388 e. The lowest BCUT2D eigenvalue weighted by Gasteiger charge is -2.09. The predicted octanol–water partition coefficient (Wildman–Crippen LogP) is 3.13. The first-order valence-corrected chi connectivity index (χ1v) is 10.6. The van der Waals surface area contributed by atoms with Gasteiger partial charge in [0.1, 0.15) is 12.4 Å². The molecule has 1 aliphatic heterocycles. The number of hydrogen-bond acceptors (Lipinski definition) is 6. The van der Waals surface area contributed by atoms with E-state index in [-0.39, 0.29) is 18.3 Å². The Bertz CT molecular complexity index is 1300. The van der Waals surface area contributed by atoms with Crippen molar-refractivity contribution in [1.29, 1.82) is 0 Å². The van der Waals surface area contributed by atoms with Gasteiger partial charge in [-0.2, -0.15) is 4.68 Å². The Kier molecular flexibility index (Phi) is 5.37. The van der Waals surface area contributed by atoms with E-state index in [1.54, 1.807) is 18.2 Å². The highest BCUT2D eigenvalue weighted by atomic mass is 16.4. The molecule has 162 valence electrons. The first kappa shape index (κ1) is 19.9. The lowest BCUT2D eigenvalue weighted by atomic mass is 10.2. The Hall–Kier alpha value is -4.01. The fourth-order valence-electron chi connectivity index (χ4n) is 3.87. The van der Waals surface area contributed by atoms with Crippen molar-refractivity contribution in [3.05, 3.63) is 71.0 Å². The molecular formula is C23H22N6O3. The van der Waals surface area contributed by atoms with Gasteiger partial charge in [0.2, 0.25) is 11.8 Å². The summed E-state index contributed by atoms with van der Waals surface area (Å²) in [5, 5.41) is 15.7. The van der Waals surface area contributed by atoms with E-state index >= 15 is 0 Å². The number of aromatic nitrogens is 5. The van der Waals surface area contributed by atoms with E-state index in [0.29, 0.717) is 11.3 Å². The van der Waals surface area contributed by atoms with Crippen LogP contribution in [0.2, 0.25) is 0 Å². The fraction of sp³-hybridized carbons (Fsp3) is 0.261. The van der Waals surface area contributed by atoms with Crippen LogP contribution in [0.25, 0.3) is 22.8 Å². The molecule has 0 bridgehead atoms. The number of hydrogen-bond donors (Lipinski definition) is 1. The minimum Gasteiger partial charge on any atom is -0.388 e. The molecule has 0 fully saturated rings. The lowest BCUT2D eigenvalue weighted by Crippen LogP contribution is -2.25. The number of anilines is 1. The maximum atomic E-state index is 12.6. The number of fused-ring (bicyclic) bond motifs is 1. The molecule has 1 N–H and O–H groups in total. The van der Waals surface area contributed by atoms with E-state index in [1.807, 2.05) is 36.4 Å². The molecule has 32 heavy (non-hydrogen) atoms. The molecule has 0 saturated heterocycles. The van der Waals surface area contributed by atoms with Crippen LogP contribution in [0.1, 0.15) is 25.1 Å². The summed E-state index contributed by atoms with van der Waals surface area (Å²) in [6.07, 6.45) is 4.35. The monoisotopic (exact) mass is 430 g/mol. The number of rotatable bonds is 5. The number of nitrogens with one attached hydrogen (secondary N) is 1. The first-order valence-electron chi connectivity index (χ1n) is 10.6. The highest BCUT2D eigenvalue weighted by molar-refractivity contribution is 5.91. The molecular weight excluding hydrogens is 408 g/mol. The molecule has 4 aromatic rings. The summed E-state index contributed by atoms with van der Waals surface area (Å²) in [6.45, 7) is 0.646. The number of amides is 1. The molecule has 1 amide bonds. The minimum absolute atomic E-state index is 0.179. The summed E-state index contributed by atoms with van der Waals surface area (Å²) in [5.74, 6) is 0.929. The SMILES string of the molecule is O=C(Cn1nc(-c2ccccc2)oc1=O)Nc1cccc(-c2nnc3n2CCCCC3)c1. The zero-order valence-electron chi connectivity index (χ0n) is 17.4. The Morgan fingerprint density at radius 2 is 1.84 bits per heavy atom. The van der Waals surface area contributed by atoms with Crippen LogP contribution >= 0.6 is 0 Å². The van der Waals surface area contributed by atoms with Gasteiger partial charge in [-0.3, -0.25) is 4.79 Å². The van der Waals surface area contributed by atoms with Crippen LogP contribution in [0.5, 0.6) is 0 Å². The van der Waals surface area contributed by atoms with Crippen LogP contribution in [0.3, 0.4) is 0 Å². The topological polar surface area (TPSA) is 108 Å². The Labute approximate surface area is 183 Å². The third kappa shape index (κ3) is 4.09. The second-order valence-electron chi connectivity index (χ2n) is 7.73. The highest BCUT2D eigenvalue weighted by Crippen LogP contribution is 2.25. The van der Waals surface area contributed by atoms with E-state index in [2.05, 4.69) is 25.2 Å². The zero-order chi connectivity index (χ0) is 21.9. The van der Waals surface area contributed by atoms with Gasteiger partial charge in [0.25, 0.3) is 0 Å². The fourth-order valence-corrected chi connectivity index (χ4v) is 3.87. The number of nitrogens with zero attached hydrogens (tertiary/aromatic N) is 5. The summed E-state index contributed by atoms with van der Waals surface area (Å²) in [4.78, 5) is 24.7. The molecule has 2 aromatic carbocycles. The normalized spacial score (nSPS) is 13.4. The van der Waals surface area contributed by atoms with Crippen molar-refractivity contribution >= 4 is 11.6 Å². The van der Waals surface area contributed by atoms with Crippen molar-refractivity contribution in [3.8, 4) is 22.8 Å².